The van der Waals surface area contributed by atoms with E-state index in [0.717, 1.165) is 12.8 Å². The number of rotatable bonds is 4. The van der Waals surface area contributed by atoms with Crippen molar-refractivity contribution in [2.75, 3.05) is 6.54 Å². The van der Waals surface area contributed by atoms with Gasteiger partial charge in [0, 0.05) is 31.1 Å². The van der Waals surface area contributed by atoms with Gasteiger partial charge in [0.1, 0.15) is 5.82 Å². The Hall–Kier alpha value is -2.69. The van der Waals surface area contributed by atoms with Crippen LogP contribution >= 0.6 is 0 Å². The molecular formula is C22H23FN2O2. The molecule has 4 rings (SSSR count). The first-order valence-electron chi connectivity index (χ1n) is 9.48. The lowest BCUT2D eigenvalue weighted by Crippen LogP contribution is -2.47. The van der Waals surface area contributed by atoms with Gasteiger partial charge in [-0.3, -0.25) is 9.59 Å². The lowest BCUT2D eigenvalue weighted by Gasteiger charge is -2.32. The van der Waals surface area contributed by atoms with Crippen LogP contribution in [0.15, 0.2) is 48.5 Å². The first-order valence-corrected chi connectivity index (χ1v) is 9.48. The predicted octanol–water partition coefficient (Wildman–Crippen LogP) is 2.85. The van der Waals surface area contributed by atoms with Gasteiger partial charge < -0.3 is 10.2 Å². The van der Waals surface area contributed by atoms with Crippen LogP contribution in [0.4, 0.5) is 4.39 Å². The summed E-state index contributed by atoms with van der Waals surface area (Å²) in [6.45, 7) is 0.558. The van der Waals surface area contributed by atoms with E-state index in [0.29, 0.717) is 24.9 Å². The third-order valence-electron chi connectivity index (χ3n) is 5.59. The number of amides is 2. The SMILES string of the molecule is O=C(NC1Cc2ccccc2C1)C1CCC(=O)N(Cc2ccccc2F)C1. The van der Waals surface area contributed by atoms with Gasteiger partial charge in [-0.15, -0.1) is 0 Å². The molecule has 1 atom stereocenters. The summed E-state index contributed by atoms with van der Waals surface area (Å²) in [5.41, 5.74) is 3.07. The zero-order chi connectivity index (χ0) is 18.8. The van der Waals surface area contributed by atoms with Gasteiger partial charge in [0.05, 0.1) is 5.92 Å². The Morgan fingerprint density at radius 2 is 1.74 bits per heavy atom. The number of piperidine rings is 1. The van der Waals surface area contributed by atoms with Crippen molar-refractivity contribution >= 4 is 11.8 Å². The molecule has 1 fully saturated rings. The number of benzene rings is 2. The molecule has 2 aliphatic rings. The molecule has 27 heavy (non-hydrogen) atoms. The predicted molar refractivity (Wildman–Crippen MR) is 100 cm³/mol. The second-order valence-corrected chi connectivity index (χ2v) is 7.48. The molecule has 1 aliphatic carbocycles. The Bertz CT molecular complexity index is 842. The third-order valence-corrected chi connectivity index (χ3v) is 5.59. The van der Waals surface area contributed by atoms with E-state index in [9.17, 15) is 14.0 Å². The van der Waals surface area contributed by atoms with Gasteiger partial charge in [0.2, 0.25) is 11.8 Å². The molecular weight excluding hydrogens is 343 g/mol. The average Bonchev–Trinajstić information content (AvgIpc) is 3.07. The number of hydrogen-bond acceptors (Lipinski definition) is 2. The summed E-state index contributed by atoms with van der Waals surface area (Å²) < 4.78 is 13.9. The van der Waals surface area contributed by atoms with Crippen molar-refractivity contribution in [2.45, 2.75) is 38.3 Å². The highest BCUT2D eigenvalue weighted by Crippen LogP contribution is 2.24. The number of nitrogens with zero attached hydrogens (tertiary/aromatic N) is 1. The first kappa shape index (κ1) is 17.7. The molecule has 0 spiro atoms. The number of hydrogen-bond donors (Lipinski definition) is 1. The van der Waals surface area contributed by atoms with Crippen molar-refractivity contribution in [3.8, 4) is 0 Å². The van der Waals surface area contributed by atoms with Gasteiger partial charge in [0.25, 0.3) is 0 Å². The van der Waals surface area contributed by atoms with E-state index < -0.39 is 0 Å². The highest BCUT2D eigenvalue weighted by Gasteiger charge is 2.32. The van der Waals surface area contributed by atoms with Crippen LogP contribution in [0.5, 0.6) is 0 Å². The van der Waals surface area contributed by atoms with Crippen molar-refractivity contribution in [2.24, 2.45) is 5.92 Å². The van der Waals surface area contributed by atoms with Crippen molar-refractivity contribution in [1.29, 1.82) is 0 Å². The lowest BCUT2D eigenvalue weighted by molar-refractivity contribution is -0.139. The van der Waals surface area contributed by atoms with E-state index in [1.165, 1.54) is 17.2 Å². The molecule has 140 valence electrons. The van der Waals surface area contributed by atoms with E-state index in [2.05, 4.69) is 17.4 Å². The third kappa shape index (κ3) is 3.87. The topological polar surface area (TPSA) is 49.4 Å². The van der Waals surface area contributed by atoms with Crippen LogP contribution in [-0.4, -0.2) is 29.3 Å². The monoisotopic (exact) mass is 366 g/mol. The first-order chi connectivity index (χ1) is 13.1. The van der Waals surface area contributed by atoms with Crippen LogP contribution in [0, 0.1) is 11.7 Å². The van der Waals surface area contributed by atoms with E-state index in [-0.39, 0.29) is 36.1 Å². The summed E-state index contributed by atoms with van der Waals surface area (Å²) in [6, 6.07) is 14.9. The van der Waals surface area contributed by atoms with Crippen LogP contribution in [0.25, 0.3) is 0 Å². The molecule has 0 aromatic heterocycles. The van der Waals surface area contributed by atoms with Crippen LogP contribution in [0.3, 0.4) is 0 Å². The Balaban J connectivity index is 1.37. The van der Waals surface area contributed by atoms with Gasteiger partial charge >= 0.3 is 0 Å². The average molecular weight is 366 g/mol. The molecule has 0 bridgehead atoms. The zero-order valence-electron chi connectivity index (χ0n) is 15.2. The van der Waals surface area contributed by atoms with Crippen LogP contribution in [0.2, 0.25) is 0 Å². The lowest BCUT2D eigenvalue weighted by atomic mass is 9.95. The van der Waals surface area contributed by atoms with Crippen molar-refractivity contribution < 1.29 is 14.0 Å². The number of fused-ring (bicyclic) bond motifs is 1. The molecule has 2 aromatic rings. The summed E-state index contributed by atoms with van der Waals surface area (Å²) in [4.78, 5) is 26.6. The summed E-state index contributed by atoms with van der Waals surface area (Å²) in [5, 5.41) is 3.16. The summed E-state index contributed by atoms with van der Waals surface area (Å²) >= 11 is 0. The summed E-state index contributed by atoms with van der Waals surface area (Å²) in [7, 11) is 0. The van der Waals surface area contributed by atoms with Gasteiger partial charge in [-0.05, 0) is 36.5 Å². The fraction of sp³-hybridized carbons (Fsp3) is 0.364. The fourth-order valence-electron chi connectivity index (χ4n) is 4.09. The molecule has 0 saturated carbocycles. The van der Waals surface area contributed by atoms with E-state index in [4.69, 9.17) is 0 Å². The standard InChI is InChI=1S/C22H23FN2O2/c23-20-8-4-3-7-17(20)13-25-14-18(9-10-21(25)26)22(27)24-19-11-15-5-1-2-6-16(15)12-19/h1-8,18-19H,9-14H2,(H,24,27). The Morgan fingerprint density at radius 1 is 1.07 bits per heavy atom. The highest BCUT2D eigenvalue weighted by molar-refractivity contribution is 5.84. The molecule has 5 heteroatoms. The maximum Gasteiger partial charge on any atom is 0.225 e. The molecule has 2 amide bonds. The van der Waals surface area contributed by atoms with Crippen LogP contribution in [0.1, 0.15) is 29.5 Å². The Morgan fingerprint density at radius 3 is 2.44 bits per heavy atom. The number of carbonyl (C=O) groups excluding carboxylic acids is 2. The van der Waals surface area contributed by atoms with Crippen LogP contribution < -0.4 is 5.32 Å². The highest BCUT2D eigenvalue weighted by atomic mass is 19.1. The maximum absolute atomic E-state index is 13.9. The zero-order valence-corrected chi connectivity index (χ0v) is 15.2. The summed E-state index contributed by atoms with van der Waals surface area (Å²) in [5.74, 6) is -0.576. The Kier molecular flexibility index (Phi) is 4.92. The van der Waals surface area contributed by atoms with Gasteiger partial charge in [0.15, 0.2) is 0 Å². The number of carbonyl (C=O) groups is 2. The quantitative estimate of drug-likeness (QED) is 0.905. The van der Waals surface area contributed by atoms with Gasteiger partial charge in [-0.25, -0.2) is 4.39 Å². The fourth-order valence-corrected chi connectivity index (χ4v) is 4.09. The van der Waals surface area contributed by atoms with E-state index in [1.54, 1.807) is 23.1 Å². The second kappa shape index (κ2) is 7.51. The molecule has 1 aliphatic heterocycles. The summed E-state index contributed by atoms with van der Waals surface area (Å²) in [6.07, 6.45) is 2.59. The van der Waals surface area contributed by atoms with Crippen molar-refractivity contribution in [3.05, 3.63) is 71.0 Å². The number of halogens is 1. The minimum absolute atomic E-state index is 0.00107. The smallest absolute Gasteiger partial charge is 0.225 e. The molecule has 4 nitrogen and oxygen atoms in total. The van der Waals surface area contributed by atoms with Gasteiger partial charge in [-0.1, -0.05) is 42.5 Å². The molecule has 1 heterocycles. The van der Waals surface area contributed by atoms with Crippen molar-refractivity contribution in [1.82, 2.24) is 10.2 Å². The molecule has 1 N–H and O–H groups in total. The molecule has 0 radical (unpaired) electrons. The van der Waals surface area contributed by atoms with Crippen molar-refractivity contribution in [3.63, 3.8) is 0 Å². The minimum atomic E-state index is -0.319. The molecule has 2 aromatic carbocycles. The largest absolute Gasteiger partial charge is 0.352 e. The Labute approximate surface area is 158 Å². The number of likely N-dealkylation sites (tertiary alicyclic amines) is 1. The van der Waals surface area contributed by atoms with E-state index >= 15 is 0 Å². The number of nitrogens with one attached hydrogen (secondary N) is 1. The second-order valence-electron chi connectivity index (χ2n) is 7.48. The normalized spacial score (nSPS) is 19.8. The minimum Gasteiger partial charge on any atom is -0.352 e. The molecule has 1 saturated heterocycles. The molecule has 1 unspecified atom stereocenters. The van der Waals surface area contributed by atoms with Gasteiger partial charge in [-0.2, -0.15) is 0 Å². The van der Waals surface area contributed by atoms with E-state index in [1.807, 2.05) is 12.1 Å². The maximum atomic E-state index is 13.9. The van der Waals surface area contributed by atoms with Crippen LogP contribution in [-0.2, 0) is 29.0 Å².